The van der Waals surface area contributed by atoms with E-state index in [0.717, 1.165) is 6.42 Å². The number of aliphatic hydroxyl groups is 1. The summed E-state index contributed by atoms with van der Waals surface area (Å²) in [5, 5.41) is 10.7. The van der Waals surface area contributed by atoms with Crippen molar-refractivity contribution < 1.29 is 9.84 Å². The lowest BCUT2D eigenvalue weighted by Crippen LogP contribution is -2.37. The second-order valence-corrected chi connectivity index (χ2v) is 7.48. The SMILES string of the molecule is Cc1ccc(C)c(CC(O)C2CC(C)(C)OC2(C)C)c1. The van der Waals surface area contributed by atoms with Gasteiger partial charge in [0.1, 0.15) is 0 Å². The molecule has 2 rings (SSSR count). The van der Waals surface area contributed by atoms with Crippen LogP contribution in [0.3, 0.4) is 0 Å². The van der Waals surface area contributed by atoms with Crippen molar-refractivity contribution >= 4 is 0 Å². The molecule has 0 aromatic heterocycles. The van der Waals surface area contributed by atoms with Crippen LogP contribution in [-0.4, -0.2) is 22.4 Å². The van der Waals surface area contributed by atoms with E-state index in [9.17, 15) is 5.11 Å². The lowest BCUT2D eigenvalue weighted by atomic mass is 9.80. The number of rotatable bonds is 3. The van der Waals surface area contributed by atoms with Crippen molar-refractivity contribution in [2.75, 3.05) is 0 Å². The predicted molar refractivity (Wildman–Crippen MR) is 83.0 cm³/mol. The van der Waals surface area contributed by atoms with E-state index in [1.807, 2.05) is 0 Å². The molecule has 1 aromatic rings. The molecule has 2 unspecified atom stereocenters. The van der Waals surface area contributed by atoms with Gasteiger partial charge >= 0.3 is 0 Å². The molecule has 2 heteroatoms. The monoisotopic (exact) mass is 276 g/mol. The van der Waals surface area contributed by atoms with Gasteiger partial charge in [0.15, 0.2) is 0 Å². The fourth-order valence-corrected chi connectivity index (χ4v) is 3.59. The molecule has 20 heavy (non-hydrogen) atoms. The summed E-state index contributed by atoms with van der Waals surface area (Å²) in [7, 11) is 0. The molecule has 1 fully saturated rings. The zero-order chi connectivity index (χ0) is 15.1. The summed E-state index contributed by atoms with van der Waals surface area (Å²) in [5.41, 5.74) is 3.35. The molecule has 1 saturated heterocycles. The van der Waals surface area contributed by atoms with Crippen LogP contribution in [0.4, 0.5) is 0 Å². The van der Waals surface area contributed by atoms with Gasteiger partial charge in [-0.15, -0.1) is 0 Å². The van der Waals surface area contributed by atoms with Crippen LogP contribution in [-0.2, 0) is 11.2 Å². The molecule has 1 heterocycles. The molecule has 0 amide bonds. The van der Waals surface area contributed by atoms with Crippen molar-refractivity contribution in [1.82, 2.24) is 0 Å². The Hall–Kier alpha value is -0.860. The molecular weight excluding hydrogens is 248 g/mol. The summed E-state index contributed by atoms with van der Waals surface area (Å²) in [6.45, 7) is 12.6. The van der Waals surface area contributed by atoms with Crippen LogP contribution in [0.1, 0.15) is 50.8 Å². The summed E-state index contributed by atoms with van der Waals surface area (Å²) >= 11 is 0. The number of aryl methyl sites for hydroxylation is 2. The summed E-state index contributed by atoms with van der Waals surface area (Å²) in [4.78, 5) is 0. The number of hydrogen-bond acceptors (Lipinski definition) is 2. The van der Waals surface area contributed by atoms with Gasteiger partial charge in [-0.1, -0.05) is 23.8 Å². The highest BCUT2D eigenvalue weighted by Crippen LogP contribution is 2.44. The Morgan fingerprint density at radius 3 is 2.45 bits per heavy atom. The first kappa shape index (κ1) is 15.5. The first-order valence-corrected chi connectivity index (χ1v) is 7.55. The van der Waals surface area contributed by atoms with E-state index in [-0.39, 0.29) is 23.2 Å². The highest BCUT2D eigenvalue weighted by atomic mass is 16.5. The highest BCUT2D eigenvalue weighted by Gasteiger charge is 2.48. The van der Waals surface area contributed by atoms with Crippen molar-refractivity contribution in [1.29, 1.82) is 0 Å². The number of hydrogen-bond donors (Lipinski definition) is 1. The van der Waals surface area contributed by atoms with Gasteiger partial charge < -0.3 is 9.84 Å². The first-order chi connectivity index (χ1) is 9.11. The van der Waals surface area contributed by atoms with E-state index < -0.39 is 0 Å². The van der Waals surface area contributed by atoms with E-state index in [0.29, 0.717) is 6.42 Å². The predicted octanol–water partition coefficient (Wildman–Crippen LogP) is 3.80. The number of benzene rings is 1. The van der Waals surface area contributed by atoms with Gasteiger partial charge in [-0.25, -0.2) is 0 Å². The second kappa shape index (κ2) is 5.16. The lowest BCUT2D eigenvalue weighted by molar-refractivity contribution is -0.0873. The quantitative estimate of drug-likeness (QED) is 0.910. The Labute approximate surface area is 123 Å². The van der Waals surface area contributed by atoms with E-state index in [1.165, 1.54) is 16.7 Å². The van der Waals surface area contributed by atoms with Gasteiger partial charge in [0.2, 0.25) is 0 Å². The third kappa shape index (κ3) is 3.24. The first-order valence-electron chi connectivity index (χ1n) is 7.55. The minimum Gasteiger partial charge on any atom is -0.392 e. The van der Waals surface area contributed by atoms with Crippen molar-refractivity contribution in [3.05, 3.63) is 34.9 Å². The molecule has 0 aliphatic carbocycles. The summed E-state index contributed by atoms with van der Waals surface area (Å²) < 4.78 is 6.10. The maximum atomic E-state index is 10.7. The molecule has 1 aromatic carbocycles. The van der Waals surface area contributed by atoms with Crippen LogP contribution >= 0.6 is 0 Å². The molecule has 0 saturated carbocycles. The lowest BCUT2D eigenvalue weighted by Gasteiger charge is -2.30. The summed E-state index contributed by atoms with van der Waals surface area (Å²) in [6, 6.07) is 6.45. The van der Waals surface area contributed by atoms with Gasteiger partial charge in [0.25, 0.3) is 0 Å². The average molecular weight is 276 g/mol. The smallest absolute Gasteiger partial charge is 0.0687 e. The molecule has 1 aliphatic rings. The summed E-state index contributed by atoms with van der Waals surface area (Å²) in [5.74, 6) is 0.178. The van der Waals surface area contributed by atoms with Gasteiger partial charge in [0.05, 0.1) is 17.3 Å². The fraction of sp³-hybridized carbons (Fsp3) is 0.667. The third-order valence-electron chi connectivity index (χ3n) is 4.54. The third-order valence-corrected chi connectivity index (χ3v) is 4.54. The van der Waals surface area contributed by atoms with Gasteiger partial charge in [-0.2, -0.15) is 0 Å². The van der Waals surface area contributed by atoms with E-state index in [1.54, 1.807) is 0 Å². The standard InChI is InChI=1S/C18H28O2/c1-12-7-8-13(2)14(9-12)10-16(19)15-11-17(3,4)20-18(15,5)6/h7-9,15-16,19H,10-11H2,1-6H3. The normalized spacial score (nSPS) is 25.6. The minimum atomic E-state index is -0.354. The molecule has 0 bridgehead atoms. The van der Waals surface area contributed by atoms with Crippen molar-refractivity contribution in [2.24, 2.45) is 5.92 Å². The van der Waals surface area contributed by atoms with Crippen molar-refractivity contribution in [3.8, 4) is 0 Å². The van der Waals surface area contributed by atoms with Crippen LogP contribution < -0.4 is 0 Å². The zero-order valence-corrected chi connectivity index (χ0v) is 13.7. The average Bonchev–Trinajstić information content (AvgIpc) is 2.52. The zero-order valence-electron chi connectivity index (χ0n) is 13.7. The molecule has 2 atom stereocenters. The van der Waals surface area contributed by atoms with E-state index >= 15 is 0 Å². The molecule has 0 spiro atoms. The topological polar surface area (TPSA) is 29.5 Å². The molecule has 1 aliphatic heterocycles. The van der Waals surface area contributed by atoms with Crippen LogP contribution in [0.2, 0.25) is 0 Å². The van der Waals surface area contributed by atoms with Crippen molar-refractivity contribution in [2.45, 2.75) is 71.7 Å². The molecular formula is C18H28O2. The maximum absolute atomic E-state index is 10.7. The molecule has 0 radical (unpaired) electrons. The Morgan fingerprint density at radius 1 is 1.25 bits per heavy atom. The van der Waals surface area contributed by atoms with Gasteiger partial charge in [-0.05, 0) is 65.5 Å². The van der Waals surface area contributed by atoms with Gasteiger partial charge in [-0.3, -0.25) is 0 Å². The van der Waals surface area contributed by atoms with Crippen LogP contribution in [0.5, 0.6) is 0 Å². The second-order valence-electron chi connectivity index (χ2n) is 7.48. The molecule has 112 valence electrons. The van der Waals surface area contributed by atoms with Crippen LogP contribution in [0.25, 0.3) is 0 Å². The highest BCUT2D eigenvalue weighted by molar-refractivity contribution is 5.31. The fourth-order valence-electron chi connectivity index (χ4n) is 3.59. The maximum Gasteiger partial charge on any atom is 0.0687 e. The largest absolute Gasteiger partial charge is 0.392 e. The van der Waals surface area contributed by atoms with E-state index in [2.05, 4.69) is 59.7 Å². The molecule has 1 N–H and O–H groups in total. The summed E-state index contributed by atoms with van der Waals surface area (Å²) in [6.07, 6.45) is 1.26. The molecule has 2 nitrogen and oxygen atoms in total. The minimum absolute atomic E-state index is 0.142. The van der Waals surface area contributed by atoms with Crippen LogP contribution in [0, 0.1) is 19.8 Å². The Morgan fingerprint density at radius 2 is 1.90 bits per heavy atom. The Balaban J connectivity index is 2.16. The van der Waals surface area contributed by atoms with Crippen molar-refractivity contribution in [3.63, 3.8) is 0 Å². The Bertz CT molecular complexity index is 488. The van der Waals surface area contributed by atoms with E-state index in [4.69, 9.17) is 4.74 Å². The number of aliphatic hydroxyl groups excluding tert-OH is 1. The van der Waals surface area contributed by atoms with Gasteiger partial charge in [0, 0.05) is 5.92 Å². The number of ether oxygens (including phenoxy) is 1. The van der Waals surface area contributed by atoms with Crippen LogP contribution in [0.15, 0.2) is 18.2 Å². The Kier molecular flexibility index (Phi) is 4.01.